The lowest BCUT2D eigenvalue weighted by Gasteiger charge is -2.29. The first kappa shape index (κ1) is 21.7. The number of alkyl halides is 6. The van der Waals surface area contributed by atoms with Gasteiger partial charge in [0.1, 0.15) is 5.69 Å². The van der Waals surface area contributed by atoms with Crippen LogP contribution in [0, 0.1) is 0 Å². The number of aromatic nitrogens is 1. The Hall–Kier alpha value is -1.58. The van der Waals surface area contributed by atoms with E-state index >= 15 is 0 Å². The number of rotatable bonds is 2. The van der Waals surface area contributed by atoms with Crippen LogP contribution >= 0.6 is 12.4 Å². The first-order valence-corrected chi connectivity index (χ1v) is 8.08. The monoisotopic (exact) mass is 414 g/mol. The number of halogens is 7. The maximum Gasteiger partial charge on any atom is 0.433 e. The maximum absolute atomic E-state index is 13.2. The van der Waals surface area contributed by atoms with E-state index in [0.717, 1.165) is 18.9 Å². The summed E-state index contributed by atoms with van der Waals surface area (Å²) in [4.78, 5) is 3.22. The Bertz CT molecular complexity index is 802. The molecule has 1 aromatic carbocycles. The summed E-state index contributed by atoms with van der Waals surface area (Å²) in [5, 5.41) is 13.5. The summed E-state index contributed by atoms with van der Waals surface area (Å²) >= 11 is 0. The van der Waals surface area contributed by atoms with Gasteiger partial charge in [0.25, 0.3) is 0 Å². The topological polar surface area (TPSA) is 45.2 Å². The third-order valence-electron chi connectivity index (χ3n) is 4.52. The van der Waals surface area contributed by atoms with Gasteiger partial charge in [-0.25, -0.2) is 4.98 Å². The number of nitrogens with one attached hydrogen (secondary N) is 1. The summed E-state index contributed by atoms with van der Waals surface area (Å²) in [6.07, 6.45) is -9.00. The predicted octanol–water partition coefficient (Wildman–Crippen LogP) is 4.87. The van der Waals surface area contributed by atoms with E-state index in [2.05, 4.69) is 10.3 Å². The molecule has 1 aliphatic rings. The Morgan fingerprint density at radius 1 is 1.07 bits per heavy atom. The Morgan fingerprint density at radius 3 is 2.33 bits per heavy atom. The molecule has 1 aliphatic heterocycles. The van der Waals surface area contributed by atoms with Crippen molar-refractivity contribution in [1.29, 1.82) is 0 Å². The summed E-state index contributed by atoms with van der Waals surface area (Å²) < 4.78 is 79.3. The third-order valence-corrected chi connectivity index (χ3v) is 4.52. The van der Waals surface area contributed by atoms with Gasteiger partial charge in [0.15, 0.2) is 0 Å². The summed E-state index contributed by atoms with van der Waals surface area (Å²) in [6.45, 7) is 0.588. The van der Waals surface area contributed by atoms with Gasteiger partial charge in [0, 0.05) is 11.4 Å². The highest BCUT2D eigenvalue weighted by molar-refractivity contribution is 5.86. The van der Waals surface area contributed by atoms with Gasteiger partial charge in [-0.15, -0.1) is 12.4 Å². The fourth-order valence-electron chi connectivity index (χ4n) is 3.26. The van der Waals surface area contributed by atoms with Crippen molar-refractivity contribution >= 4 is 23.3 Å². The smallest absolute Gasteiger partial charge is 0.387 e. The van der Waals surface area contributed by atoms with Gasteiger partial charge in [0.2, 0.25) is 0 Å². The van der Waals surface area contributed by atoms with E-state index in [-0.39, 0.29) is 23.4 Å². The second-order valence-electron chi connectivity index (χ2n) is 6.30. The van der Waals surface area contributed by atoms with E-state index in [4.69, 9.17) is 0 Å². The maximum atomic E-state index is 13.2. The molecule has 2 heterocycles. The first-order valence-electron chi connectivity index (χ1n) is 8.08. The molecule has 0 aliphatic carbocycles. The van der Waals surface area contributed by atoms with E-state index in [1.54, 1.807) is 0 Å². The quantitative estimate of drug-likeness (QED) is 0.689. The molecule has 10 heteroatoms. The van der Waals surface area contributed by atoms with Crippen LogP contribution in [0.2, 0.25) is 0 Å². The summed E-state index contributed by atoms with van der Waals surface area (Å²) in [7, 11) is 0. The van der Waals surface area contributed by atoms with Crippen molar-refractivity contribution in [2.24, 2.45) is 0 Å². The van der Waals surface area contributed by atoms with Crippen LogP contribution in [0.15, 0.2) is 24.3 Å². The minimum absolute atomic E-state index is 0. The molecule has 0 radical (unpaired) electrons. The molecule has 0 amide bonds. The van der Waals surface area contributed by atoms with Crippen molar-refractivity contribution in [2.45, 2.75) is 43.8 Å². The van der Waals surface area contributed by atoms with Crippen molar-refractivity contribution in [1.82, 2.24) is 10.3 Å². The van der Waals surface area contributed by atoms with Gasteiger partial charge >= 0.3 is 12.4 Å². The van der Waals surface area contributed by atoms with Gasteiger partial charge < -0.3 is 10.4 Å². The number of hydrogen-bond donors (Lipinski definition) is 2. The summed E-state index contributed by atoms with van der Waals surface area (Å²) in [5.74, 6) is 0. The van der Waals surface area contributed by atoms with E-state index in [9.17, 15) is 31.4 Å². The van der Waals surface area contributed by atoms with Crippen LogP contribution in [0.25, 0.3) is 10.9 Å². The molecule has 0 spiro atoms. The molecule has 27 heavy (non-hydrogen) atoms. The largest absolute Gasteiger partial charge is 0.433 e. The van der Waals surface area contributed by atoms with Crippen LogP contribution in [-0.2, 0) is 12.4 Å². The molecule has 1 saturated heterocycles. The van der Waals surface area contributed by atoms with Gasteiger partial charge in [-0.2, -0.15) is 26.3 Å². The summed E-state index contributed by atoms with van der Waals surface area (Å²) in [6, 6.07) is 3.16. The summed E-state index contributed by atoms with van der Waals surface area (Å²) in [5.41, 5.74) is -3.72. The predicted molar refractivity (Wildman–Crippen MR) is 89.6 cm³/mol. The number of hydrogen-bond acceptors (Lipinski definition) is 3. The minimum Gasteiger partial charge on any atom is -0.387 e. The zero-order chi connectivity index (χ0) is 19.1. The van der Waals surface area contributed by atoms with Crippen LogP contribution in [0.3, 0.4) is 0 Å². The van der Waals surface area contributed by atoms with Crippen molar-refractivity contribution in [2.75, 3.05) is 6.54 Å². The number of nitrogens with zero attached hydrogens (tertiary/aromatic N) is 1. The Kier molecular flexibility index (Phi) is 6.28. The van der Waals surface area contributed by atoms with E-state index in [1.807, 2.05) is 0 Å². The standard InChI is InChI=1S/C17H16F6N2O.ClH/c18-16(19,20)11-5-3-4-9-10(15(26)12-6-1-2-7-24-12)8-13(17(21,22)23)25-14(9)11;/h3-5,8,12,15,24,26H,1-2,6-7H2;1H/t12?,15-;/m1./s1. The Labute approximate surface area is 157 Å². The molecule has 2 atom stereocenters. The van der Waals surface area contributed by atoms with E-state index in [1.165, 1.54) is 6.07 Å². The van der Waals surface area contributed by atoms with Gasteiger partial charge in [-0.05, 0) is 37.1 Å². The van der Waals surface area contributed by atoms with Gasteiger partial charge in [-0.3, -0.25) is 0 Å². The molecule has 3 rings (SSSR count). The van der Waals surface area contributed by atoms with Crippen LogP contribution in [0.4, 0.5) is 26.3 Å². The highest BCUT2D eigenvalue weighted by atomic mass is 35.5. The molecular weight excluding hydrogens is 398 g/mol. The highest BCUT2D eigenvalue weighted by Crippen LogP contribution is 2.39. The molecule has 2 aromatic rings. The van der Waals surface area contributed by atoms with Crippen molar-refractivity contribution in [3.63, 3.8) is 0 Å². The lowest BCUT2D eigenvalue weighted by molar-refractivity contribution is -0.142. The van der Waals surface area contributed by atoms with Crippen LogP contribution < -0.4 is 5.32 Å². The number of piperidine rings is 1. The third kappa shape index (κ3) is 4.47. The number of pyridine rings is 1. The van der Waals surface area contributed by atoms with Crippen LogP contribution in [0.5, 0.6) is 0 Å². The number of fused-ring (bicyclic) bond motifs is 1. The Morgan fingerprint density at radius 2 is 1.78 bits per heavy atom. The Balaban J connectivity index is 0.00000261. The molecular formula is C17H17ClF6N2O. The normalized spacial score (nSPS) is 19.6. The van der Waals surface area contributed by atoms with Crippen LogP contribution in [-0.4, -0.2) is 22.7 Å². The molecule has 1 unspecified atom stereocenters. The van der Waals surface area contributed by atoms with Gasteiger partial charge in [0.05, 0.1) is 17.2 Å². The second kappa shape index (κ2) is 7.81. The molecule has 0 bridgehead atoms. The fraction of sp³-hybridized carbons (Fsp3) is 0.471. The fourth-order valence-corrected chi connectivity index (χ4v) is 3.26. The van der Waals surface area contributed by atoms with Crippen LogP contribution in [0.1, 0.15) is 42.2 Å². The SMILES string of the molecule is Cl.O[C@H](c1cc(C(F)(F)F)nc2c(C(F)(F)F)cccc12)C1CCCCN1. The minimum atomic E-state index is -4.93. The molecule has 1 fully saturated rings. The highest BCUT2D eigenvalue weighted by Gasteiger charge is 2.38. The zero-order valence-electron chi connectivity index (χ0n) is 13.9. The zero-order valence-corrected chi connectivity index (χ0v) is 14.7. The number of para-hydroxylation sites is 1. The van der Waals surface area contributed by atoms with Crippen molar-refractivity contribution in [3.05, 3.63) is 41.1 Å². The molecule has 3 nitrogen and oxygen atoms in total. The van der Waals surface area contributed by atoms with E-state index < -0.39 is 41.3 Å². The average Bonchev–Trinajstić information content (AvgIpc) is 2.58. The molecule has 150 valence electrons. The van der Waals surface area contributed by atoms with Crippen molar-refractivity contribution < 1.29 is 31.4 Å². The average molecular weight is 415 g/mol. The first-order chi connectivity index (χ1) is 12.1. The second-order valence-corrected chi connectivity index (χ2v) is 6.30. The molecule has 1 aromatic heterocycles. The van der Waals surface area contributed by atoms with Gasteiger partial charge in [-0.1, -0.05) is 18.6 Å². The lowest BCUT2D eigenvalue weighted by atomic mass is 9.91. The molecule has 2 N–H and O–H groups in total. The van der Waals surface area contributed by atoms with Crippen molar-refractivity contribution in [3.8, 4) is 0 Å². The number of benzene rings is 1. The number of aliphatic hydroxyl groups is 1. The molecule has 0 saturated carbocycles. The lowest BCUT2D eigenvalue weighted by Crippen LogP contribution is -2.39. The number of aliphatic hydroxyl groups excluding tert-OH is 1. The van der Waals surface area contributed by atoms with E-state index in [0.29, 0.717) is 25.1 Å².